The van der Waals surface area contributed by atoms with Crippen LogP contribution in [0.5, 0.6) is 0 Å². The first kappa shape index (κ1) is 19.2. The Morgan fingerprint density at radius 2 is 1.86 bits per heavy atom. The quantitative estimate of drug-likeness (QED) is 0.611. The topological polar surface area (TPSA) is 59.2 Å². The molecular weight excluding hydrogens is 383 g/mol. The van der Waals surface area contributed by atoms with Gasteiger partial charge in [0.2, 0.25) is 11.7 Å². The van der Waals surface area contributed by atoms with Crippen molar-refractivity contribution >= 4 is 5.91 Å². The second-order valence-electron chi connectivity index (χ2n) is 6.91. The largest absolute Gasteiger partial charge is 0.416 e. The summed E-state index contributed by atoms with van der Waals surface area (Å²) in [6.45, 7) is 0.419. The third-order valence-electron chi connectivity index (χ3n) is 4.96. The molecular formula is C21H18F3N3O2. The lowest BCUT2D eigenvalue weighted by Gasteiger charge is -2.33. The average molecular weight is 401 g/mol. The Morgan fingerprint density at radius 1 is 1.07 bits per heavy atom. The second kappa shape index (κ2) is 7.69. The van der Waals surface area contributed by atoms with E-state index in [-0.39, 0.29) is 5.56 Å². The molecule has 0 aliphatic carbocycles. The van der Waals surface area contributed by atoms with Crippen molar-refractivity contribution in [2.24, 2.45) is 0 Å². The minimum absolute atomic E-state index is 0.00507. The van der Waals surface area contributed by atoms with Crippen LogP contribution in [0.3, 0.4) is 0 Å². The number of benzene rings is 2. The van der Waals surface area contributed by atoms with Crippen LogP contribution in [0.1, 0.15) is 47.1 Å². The van der Waals surface area contributed by atoms with Crippen molar-refractivity contribution in [3.8, 4) is 11.4 Å². The van der Waals surface area contributed by atoms with E-state index >= 15 is 0 Å². The molecule has 1 saturated heterocycles. The molecule has 3 aromatic rings. The highest BCUT2D eigenvalue weighted by Gasteiger charge is 2.35. The molecule has 1 aliphatic heterocycles. The van der Waals surface area contributed by atoms with Crippen LogP contribution >= 0.6 is 0 Å². The van der Waals surface area contributed by atoms with Gasteiger partial charge in [0.05, 0.1) is 5.56 Å². The molecule has 1 amide bonds. The monoisotopic (exact) mass is 401 g/mol. The van der Waals surface area contributed by atoms with E-state index < -0.39 is 23.7 Å². The predicted molar refractivity (Wildman–Crippen MR) is 98.8 cm³/mol. The van der Waals surface area contributed by atoms with Crippen molar-refractivity contribution in [1.82, 2.24) is 15.0 Å². The van der Waals surface area contributed by atoms with E-state index in [1.54, 1.807) is 0 Å². The third-order valence-corrected chi connectivity index (χ3v) is 4.96. The molecule has 150 valence electrons. The Kier molecular flexibility index (Phi) is 5.08. The van der Waals surface area contributed by atoms with Crippen molar-refractivity contribution in [2.75, 3.05) is 6.54 Å². The number of carbonyl (C=O) groups is 1. The minimum Gasteiger partial charge on any atom is -0.337 e. The number of carbonyl (C=O) groups excluding carboxylic acids is 1. The lowest BCUT2D eigenvalue weighted by atomic mass is 10.00. The Labute approximate surface area is 165 Å². The number of hydrogen-bond donors (Lipinski definition) is 0. The number of amides is 1. The highest BCUT2D eigenvalue weighted by atomic mass is 19.4. The first-order chi connectivity index (χ1) is 13.9. The van der Waals surface area contributed by atoms with Crippen LogP contribution in [0.4, 0.5) is 13.2 Å². The van der Waals surface area contributed by atoms with Gasteiger partial charge >= 0.3 is 6.18 Å². The number of nitrogens with zero attached hydrogens (tertiary/aromatic N) is 3. The average Bonchev–Trinajstić information content (AvgIpc) is 3.23. The lowest BCUT2D eigenvalue weighted by Crippen LogP contribution is -2.38. The van der Waals surface area contributed by atoms with Gasteiger partial charge in [-0.1, -0.05) is 41.6 Å². The Hall–Kier alpha value is -3.16. The molecule has 5 nitrogen and oxygen atoms in total. The van der Waals surface area contributed by atoms with Gasteiger partial charge in [0.25, 0.3) is 5.91 Å². The van der Waals surface area contributed by atoms with E-state index in [1.165, 1.54) is 17.0 Å². The summed E-state index contributed by atoms with van der Waals surface area (Å²) in [5, 5.41) is 4.00. The molecule has 1 fully saturated rings. The Balaban J connectivity index is 1.62. The van der Waals surface area contributed by atoms with Crippen molar-refractivity contribution in [2.45, 2.75) is 31.5 Å². The van der Waals surface area contributed by atoms with Gasteiger partial charge in [0.15, 0.2) is 0 Å². The SMILES string of the molecule is O=C(c1cccc(C(F)(F)F)c1)N1CCCCC1c1nc(-c2ccccc2)no1. The molecule has 0 radical (unpaired) electrons. The molecule has 1 aliphatic rings. The predicted octanol–water partition coefficient (Wildman–Crippen LogP) is 5.12. The van der Waals surface area contributed by atoms with E-state index in [2.05, 4.69) is 10.1 Å². The molecule has 1 unspecified atom stereocenters. The number of alkyl halides is 3. The molecule has 8 heteroatoms. The van der Waals surface area contributed by atoms with Gasteiger partial charge < -0.3 is 9.42 Å². The normalized spacial score (nSPS) is 17.3. The summed E-state index contributed by atoms with van der Waals surface area (Å²) in [5.74, 6) is 0.238. The van der Waals surface area contributed by atoms with Gasteiger partial charge in [0.1, 0.15) is 6.04 Å². The molecule has 0 spiro atoms. The maximum absolute atomic E-state index is 13.0. The highest BCUT2D eigenvalue weighted by molar-refractivity contribution is 5.94. The maximum atomic E-state index is 13.0. The number of hydrogen-bond acceptors (Lipinski definition) is 4. The maximum Gasteiger partial charge on any atom is 0.416 e. The number of likely N-dealkylation sites (tertiary alicyclic amines) is 1. The molecule has 0 N–H and O–H groups in total. The van der Waals surface area contributed by atoms with E-state index in [9.17, 15) is 18.0 Å². The van der Waals surface area contributed by atoms with E-state index in [0.29, 0.717) is 24.7 Å². The van der Waals surface area contributed by atoms with Gasteiger partial charge in [-0.2, -0.15) is 18.2 Å². The molecule has 29 heavy (non-hydrogen) atoms. The molecule has 0 bridgehead atoms. The van der Waals surface area contributed by atoms with Crippen LogP contribution in [0, 0.1) is 0 Å². The standard InChI is InChI=1S/C21H18F3N3O2/c22-21(23,24)16-10-6-9-15(13-16)20(28)27-12-5-4-11-17(27)19-25-18(26-29-19)14-7-2-1-3-8-14/h1-3,6-10,13,17H,4-5,11-12H2. The van der Waals surface area contributed by atoms with Crippen molar-refractivity contribution < 1.29 is 22.5 Å². The summed E-state index contributed by atoms with van der Waals surface area (Å²) in [5.41, 5.74) is -0.0651. The van der Waals surface area contributed by atoms with Crippen LogP contribution in [0.25, 0.3) is 11.4 Å². The number of rotatable bonds is 3. The summed E-state index contributed by atoms with van der Waals surface area (Å²) in [4.78, 5) is 19.0. The first-order valence-electron chi connectivity index (χ1n) is 9.31. The summed E-state index contributed by atoms with van der Waals surface area (Å²) in [7, 11) is 0. The van der Waals surface area contributed by atoms with Gasteiger partial charge in [-0.3, -0.25) is 4.79 Å². The van der Waals surface area contributed by atoms with Crippen LogP contribution in [-0.4, -0.2) is 27.5 Å². The zero-order valence-corrected chi connectivity index (χ0v) is 15.4. The van der Waals surface area contributed by atoms with E-state index in [0.717, 1.165) is 30.5 Å². The summed E-state index contributed by atoms with van der Waals surface area (Å²) < 4.78 is 44.5. The summed E-state index contributed by atoms with van der Waals surface area (Å²) in [6.07, 6.45) is -2.27. The van der Waals surface area contributed by atoms with Gasteiger partial charge in [-0.25, -0.2) is 0 Å². The molecule has 4 rings (SSSR count). The van der Waals surface area contributed by atoms with Crippen LogP contribution in [-0.2, 0) is 6.18 Å². The van der Waals surface area contributed by atoms with Crippen LogP contribution < -0.4 is 0 Å². The summed E-state index contributed by atoms with van der Waals surface area (Å²) >= 11 is 0. The Morgan fingerprint density at radius 3 is 2.62 bits per heavy atom. The van der Waals surface area contributed by atoms with Crippen molar-refractivity contribution in [3.63, 3.8) is 0 Å². The van der Waals surface area contributed by atoms with Crippen LogP contribution in [0.2, 0.25) is 0 Å². The Bertz CT molecular complexity index is 1000. The van der Waals surface area contributed by atoms with E-state index in [4.69, 9.17) is 4.52 Å². The molecule has 0 saturated carbocycles. The molecule has 1 aromatic heterocycles. The molecule has 2 aromatic carbocycles. The lowest BCUT2D eigenvalue weighted by molar-refractivity contribution is -0.137. The number of halogens is 3. The van der Waals surface area contributed by atoms with Gasteiger partial charge in [-0.15, -0.1) is 0 Å². The number of piperidine rings is 1. The highest BCUT2D eigenvalue weighted by Crippen LogP contribution is 2.34. The zero-order valence-electron chi connectivity index (χ0n) is 15.4. The summed E-state index contributed by atoms with van der Waals surface area (Å²) in [6, 6.07) is 13.3. The van der Waals surface area contributed by atoms with Crippen LogP contribution in [0.15, 0.2) is 59.1 Å². The molecule has 2 heterocycles. The minimum atomic E-state index is -4.51. The van der Waals surface area contributed by atoms with Gasteiger partial charge in [-0.05, 0) is 37.5 Å². The second-order valence-corrected chi connectivity index (χ2v) is 6.91. The van der Waals surface area contributed by atoms with Crippen molar-refractivity contribution in [3.05, 3.63) is 71.6 Å². The van der Waals surface area contributed by atoms with E-state index in [1.807, 2.05) is 30.3 Å². The zero-order chi connectivity index (χ0) is 20.4. The number of aromatic nitrogens is 2. The van der Waals surface area contributed by atoms with Crippen molar-refractivity contribution in [1.29, 1.82) is 0 Å². The third kappa shape index (κ3) is 4.01. The fourth-order valence-corrected chi connectivity index (χ4v) is 3.50. The fourth-order valence-electron chi connectivity index (χ4n) is 3.50. The fraction of sp³-hybridized carbons (Fsp3) is 0.286. The first-order valence-corrected chi connectivity index (χ1v) is 9.31. The smallest absolute Gasteiger partial charge is 0.337 e. The molecule has 1 atom stereocenters. The van der Waals surface area contributed by atoms with Gasteiger partial charge in [0, 0.05) is 17.7 Å².